The molecule has 0 fully saturated rings. The zero-order valence-corrected chi connectivity index (χ0v) is 10.5. The number of rotatable bonds is 3. The minimum Gasteiger partial charge on any atom is -0.454 e. The highest BCUT2D eigenvalue weighted by molar-refractivity contribution is 6.29. The average molecular weight is 277 g/mol. The fourth-order valence-corrected chi connectivity index (χ4v) is 1.64. The third kappa shape index (κ3) is 2.74. The molecule has 0 atom stereocenters. The van der Waals surface area contributed by atoms with Gasteiger partial charge < -0.3 is 9.47 Å². The smallest absolute Gasteiger partial charge is 0.231 e. The molecule has 1 aliphatic rings. The molecule has 3 rings (SSSR count). The second-order valence-electron chi connectivity index (χ2n) is 3.72. The monoisotopic (exact) mass is 276 g/mol. The van der Waals surface area contributed by atoms with E-state index < -0.39 is 0 Å². The van der Waals surface area contributed by atoms with E-state index in [1.807, 2.05) is 18.2 Å². The van der Waals surface area contributed by atoms with Gasteiger partial charge in [-0.25, -0.2) is 0 Å². The first-order valence-electron chi connectivity index (χ1n) is 5.49. The van der Waals surface area contributed by atoms with Crippen molar-refractivity contribution in [2.24, 2.45) is 5.10 Å². The third-order valence-electron chi connectivity index (χ3n) is 2.42. The Balaban J connectivity index is 1.67. The first-order valence-corrected chi connectivity index (χ1v) is 5.87. The molecule has 0 saturated heterocycles. The summed E-state index contributed by atoms with van der Waals surface area (Å²) < 4.78 is 10.5. The van der Waals surface area contributed by atoms with Crippen molar-refractivity contribution in [2.75, 3.05) is 12.2 Å². The molecule has 0 bridgehead atoms. The van der Waals surface area contributed by atoms with Crippen molar-refractivity contribution in [1.82, 2.24) is 10.2 Å². The van der Waals surface area contributed by atoms with Gasteiger partial charge in [-0.15, -0.1) is 10.2 Å². The normalized spacial score (nSPS) is 12.9. The Hall–Kier alpha value is -2.34. The van der Waals surface area contributed by atoms with Gasteiger partial charge in [0.05, 0.1) is 6.21 Å². The van der Waals surface area contributed by atoms with E-state index in [0.29, 0.717) is 11.0 Å². The van der Waals surface area contributed by atoms with Crippen LogP contribution in [-0.4, -0.2) is 23.2 Å². The Morgan fingerprint density at radius 2 is 2.05 bits per heavy atom. The van der Waals surface area contributed by atoms with E-state index in [4.69, 9.17) is 21.1 Å². The predicted molar refractivity (Wildman–Crippen MR) is 70.8 cm³/mol. The number of hydrazone groups is 1. The van der Waals surface area contributed by atoms with Crippen LogP contribution in [0.25, 0.3) is 0 Å². The molecule has 6 nitrogen and oxygen atoms in total. The minimum absolute atomic E-state index is 0.258. The molecule has 0 radical (unpaired) electrons. The number of fused-ring (bicyclic) bond motifs is 1. The molecule has 0 spiro atoms. The topological polar surface area (TPSA) is 68.6 Å². The van der Waals surface area contributed by atoms with Crippen LogP contribution in [-0.2, 0) is 0 Å². The van der Waals surface area contributed by atoms with Crippen LogP contribution in [0.15, 0.2) is 35.4 Å². The zero-order chi connectivity index (χ0) is 13.1. The number of benzene rings is 1. The van der Waals surface area contributed by atoms with Crippen LogP contribution >= 0.6 is 11.6 Å². The summed E-state index contributed by atoms with van der Waals surface area (Å²) in [5, 5.41) is 11.9. The van der Waals surface area contributed by atoms with Crippen molar-refractivity contribution in [3.05, 3.63) is 41.0 Å². The summed E-state index contributed by atoms with van der Waals surface area (Å²) in [5.74, 6) is 1.98. The Labute approximate surface area is 114 Å². The number of hydrogen-bond donors (Lipinski definition) is 1. The fraction of sp³-hybridized carbons (Fsp3) is 0.0833. The molecule has 1 aromatic heterocycles. The first-order chi connectivity index (χ1) is 9.31. The summed E-state index contributed by atoms with van der Waals surface area (Å²) in [6.07, 6.45) is 1.65. The molecule has 1 N–H and O–H groups in total. The van der Waals surface area contributed by atoms with Crippen LogP contribution < -0.4 is 14.9 Å². The molecule has 0 aliphatic carbocycles. The van der Waals surface area contributed by atoms with Gasteiger partial charge in [0.1, 0.15) is 0 Å². The second-order valence-corrected chi connectivity index (χ2v) is 4.11. The molecule has 1 aliphatic heterocycles. The largest absolute Gasteiger partial charge is 0.454 e. The maximum atomic E-state index is 5.63. The number of anilines is 1. The number of hydrogen-bond acceptors (Lipinski definition) is 6. The van der Waals surface area contributed by atoms with Crippen LogP contribution in [0.3, 0.4) is 0 Å². The van der Waals surface area contributed by atoms with Crippen molar-refractivity contribution in [2.45, 2.75) is 0 Å². The van der Waals surface area contributed by atoms with Gasteiger partial charge >= 0.3 is 0 Å². The molecule has 7 heteroatoms. The van der Waals surface area contributed by atoms with Crippen molar-refractivity contribution in [3.8, 4) is 11.5 Å². The molecule has 2 heterocycles. The zero-order valence-electron chi connectivity index (χ0n) is 9.71. The summed E-state index contributed by atoms with van der Waals surface area (Å²) in [5.41, 5.74) is 3.64. The van der Waals surface area contributed by atoms with Crippen LogP contribution in [0, 0.1) is 0 Å². The molecule has 0 saturated carbocycles. The Morgan fingerprint density at radius 1 is 1.16 bits per heavy atom. The van der Waals surface area contributed by atoms with Crippen molar-refractivity contribution >= 4 is 23.6 Å². The van der Waals surface area contributed by atoms with Gasteiger partial charge in [0.2, 0.25) is 6.79 Å². The first kappa shape index (κ1) is 11.7. The van der Waals surface area contributed by atoms with Crippen molar-refractivity contribution in [3.63, 3.8) is 0 Å². The number of aromatic nitrogens is 2. The SMILES string of the molecule is Clc1ccc(N/N=C\c2ccc3c(c2)OCO3)nn1. The lowest BCUT2D eigenvalue weighted by molar-refractivity contribution is 0.174. The maximum absolute atomic E-state index is 5.63. The average Bonchev–Trinajstić information content (AvgIpc) is 2.88. The Kier molecular flexibility index (Phi) is 3.16. The van der Waals surface area contributed by atoms with Crippen molar-refractivity contribution < 1.29 is 9.47 Å². The van der Waals surface area contributed by atoms with E-state index >= 15 is 0 Å². The third-order valence-corrected chi connectivity index (χ3v) is 2.62. The van der Waals surface area contributed by atoms with E-state index in [1.54, 1.807) is 18.3 Å². The molecular weight excluding hydrogens is 268 g/mol. The lowest BCUT2D eigenvalue weighted by Gasteiger charge is -1.99. The number of nitrogens with one attached hydrogen (secondary N) is 1. The molecule has 2 aromatic rings. The van der Waals surface area contributed by atoms with Gasteiger partial charge in [0.25, 0.3) is 0 Å². The lowest BCUT2D eigenvalue weighted by atomic mass is 10.2. The molecule has 19 heavy (non-hydrogen) atoms. The summed E-state index contributed by atoms with van der Waals surface area (Å²) in [4.78, 5) is 0. The van der Waals surface area contributed by atoms with E-state index in [1.165, 1.54) is 0 Å². The van der Waals surface area contributed by atoms with E-state index in [2.05, 4.69) is 20.7 Å². The quantitative estimate of drug-likeness (QED) is 0.688. The minimum atomic E-state index is 0.258. The van der Waals surface area contributed by atoms with Crippen LogP contribution in [0.2, 0.25) is 5.15 Å². The van der Waals surface area contributed by atoms with Gasteiger partial charge in [-0.2, -0.15) is 5.10 Å². The second kappa shape index (κ2) is 5.11. The maximum Gasteiger partial charge on any atom is 0.231 e. The van der Waals surface area contributed by atoms with E-state index in [-0.39, 0.29) is 6.79 Å². The molecule has 96 valence electrons. The van der Waals surface area contributed by atoms with E-state index in [0.717, 1.165) is 17.1 Å². The highest BCUT2D eigenvalue weighted by Gasteiger charge is 2.12. The van der Waals surface area contributed by atoms with Crippen molar-refractivity contribution in [1.29, 1.82) is 0 Å². The highest BCUT2D eigenvalue weighted by Crippen LogP contribution is 2.31. The van der Waals surface area contributed by atoms with E-state index in [9.17, 15) is 0 Å². The molecular formula is C12H9ClN4O2. The molecule has 1 aromatic carbocycles. The lowest BCUT2D eigenvalue weighted by Crippen LogP contribution is -1.95. The van der Waals surface area contributed by atoms with Gasteiger partial charge in [0, 0.05) is 0 Å². The highest BCUT2D eigenvalue weighted by atomic mass is 35.5. The fourth-order valence-electron chi connectivity index (χ4n) is 1.54. The van der Waals surface area contributed by atoms with Gasteiger partial charge in [-0.1, -0.05) is 11.6 Å². The molecule has 0 amide bonds. The summed E-state index contributed by atoms with van der Waals surface area (Å²) in [6, 6.07) is 8.89. The number of ether oxygens (including phenoxy) is 2. The van der Waals surface area contributed by atoms with Crippen LogP contribution in [0.5, 0.6) is 11.5 Å². The summed E-state index contributed by atoms with van der Waals surface area (Å²) >= 11 is 5.63. The Bertz CT molecular complexity index is 616. The number of halogens is 1. The Morgan fingerprint density at radius 3 is 2.89 bits per heavy atom. The van der Waals surface area contributed by atoms with Gasteiger partial charge in [0.15, 0.2) is 22.5 Å². The van der Waals surface area contributed by atoms with Gasteiger partial charge in [-0.3, -0.25) is 5.43 Å². The number of nitrogens with zero attached hydrogens (tertiary/aromatic N) is 3. The predicted octanol–water partition coefficient (Wildman–Crippen LogP) is 2.30. The summed E-state index contributed by atoms with van der Waals surface area (Å²) in [7, 11) is 0. The van der Waals surface area contributed by atoms with Crippen LogP contribution in [0.1, 0.15) is 5.56 Å². The van der Waals surface area contributed by atoms with Crippen LogP contribution in [0.4, 0.5) is 5.82 Å². The summed E-state index contributed by atoms with van der Waals surface area (Å²) in [6.45, 7) is 0.258. The van der Waals surface area contributed by atoms with Gasteiger partial charge in [-0.05, 0) is 35.9 Å². The standard InChI is InChI=1S/C12H9ClN4O2/c13-11-3-4-12(17-15-11)16-14-6-8-1-2-9-10(5-8)19-7-18-9/h1-6H,7H2,(H,16,17)/b14-6-. The molecule has 0 unspecified atom stereocenters.